The quantitative estimate of drug-likeness (QED) is 0.412. The molecule has 0 amide bonds. The maximum absolute atomic E-state index is 3.73. The molecular weight excluding hydrogens is 120 g/mol. The topological polar surface area (TPSA) is 0 Å². The minimum Gasteiger partial charge on any atom is -0.125 e. The van der Waals surface area contributed by atoms with Crippen LogP contribution < -0.4 is 0 Å². The fraction of sp³-hybridized carbons (Fsp3) is 0.500. The number of allylic oxidation sites excluding steroid dienone is 2. The van der Waals surface area contributed by atoms with Gasteiger partial charge in [-0.15, -0.1) is 5.73 Å². The van der Waals surface area contributed by atoms with Gasteiger partial charge in [0.05, 0.1) is 0 Å². The van der Waals surface area contributed by atoms with Gasteiger partial charge >= 0.3 is 0 Å². The second-order valence-electron chi connectivity index (χ2n) is 2.99. The minimum atomic E-state index is 0.728. The van der Waals surface area contributed by atoms with Gasteiger partial charge < -0.3 is 0 Å². The fourth-order valence-electron chi connectivity index (χ4n) is 0.505. The summed E-state index contributed by atoms with van der Waals surface area (Å²) in [6.45, 7) is 10.1. The van der Waals surface area contributed by atoms with Gasteiger partial charge in [-0.25, -0.2) is 0 Å². The van der Waals surface area contributed by atoms with E-state index in [4.69, 9.17) is 0 Å². The Bertz CT molecular complexity index is 155. The van der Waals surface area contributed by atoms with E-state index in [0.29, 0.717) is 0 Å². The molecule has 0 heteroatoms. The Morgan fingerprint density at radius 2 is 2.20 bits per heavy atom. The van der Waals surface area contributed by atoms with E-state index in [1.54, 1.807) is 0 Å². The van der Waals surface area contributed by atoms with Crippen LogP contribution >= 0.6 is 0 Å². The highest BCUT2D eigenvalue weighted by Gasteiger charge is 1.84. The van der Waals surface area contributed by atoms with Crippen LogP contribution in [0.25, 0.3) is 0 Å². The minimum absolute atomic E-state index is 0.728. The zero-order valence-electron chi connectivity index (χ0n) is 7.15. The van der Waals surface area contributed by atoms with Crippen molar-refractivity contribution in [2.24, 2.45) is 5.92 Å². The molecule has 0 aromatic heterocycles. The normalized spacial score (nSPS) is 8.80. The molecule has 0 saturated heterocycles. The molecule has 0 aromatic rings. The van der Waals surface area contributed by atoms with Crippen LogP contribution in [-0.2, 0) is 0 Å². The fourth-order valence-corrected chi connectivity index (χ4v) is 0.505. The molecule has 0 aliphatic heterocycles. The average molecular weight is 136 g/mol. The summed E-state index contributed by atoms with van der Waals surface area (Å²) in [5.41, 5.74) is 4.12. The molecule has 0 unspecified atom stereocenters. The first-order valence-electron chi connectivity index (χ1n) is 3.69. The van der Waals surface area contributed by atoms with Crippen LogP contribution in [-0.4, -0.2) is 0 Å². The number of hydrogen-bond donors (Lipinski definition) is 0. The van der Waals surface area contributed by atoms with Gasteiger partial charge in [-0.1, -0.05) is 26.0 Å². The predicted octanol–water partition coefficient (Wildman–Crippen LogP) is 3.32. The molecule has 0 radical (unpaired) electrons. The molecule has 0 N–H and O–H groups in total. The lowest BCUT2D eigenvalue weighted by molar-refractivity contribution is 0.664. The van der Waals surface area contributed by atoms with Crippen molar-refractivity contribution < 1.29 is 0 Å². The van der Waals surface area contributed by atoms with E-state index >= 15 is 0 Å². The average Bonchev–Trinajstić information content (AvgIpc) is 1.79. The number of hydrogen-bond acceptors (Lipinski definition) is 0. The molecule has 10 heavy (non-hydrogen) atoms. The summed E-state index contributed by atoms with van der Waals surface area (Å²) in [4.78, 5) is 0. The molecular formula is C10H16. The maximum atomic E-state index is 3.73. The summed E-state index contributed by atoms with van der Waals surface area (Å²) in [6, 6.07) is 0. The van der Waals surface area contributed by atoms with E-state index in [1.807, 2.05) is 13.0 Å². The third-order valence-electron chi connectivity index (χ3n) is 1.04. The monoisotopic (exact) mass is 136 g/mol. The Balaban J connectivity index is 3.65. The Labute approximate surface area is 64.0 Å². The molecule has 0 aromatic carbocycles. The van der Waals surface area contributed by atoms with Gasteiger partial charge in [-0.2, -0.15) is 0 Å². The molecule has 0 nitrogen and oxygen atoms in total. The zero-order chi connectivity index (χ0) is 7.98. The van der Waals surface area contributed by atoms with E-state index in [9.17, 15) is 0 Å². The second kappa shape index (κ2) is 5.08. The zero-order valence-corrected chi connectivity index (χ0v) is 7.15. The van der Waals surface area contributed by atoms with E-state index < -0.39 is 0 Å². The van der Waals surface area contributed by atoms with Crippen molar-refractivity contribution in [3.05, 3.63) is 30.0 Å². The van der Waals surface area contributed by atoms with Gasteiger partial charge in [-0.05, 0) is 31.4 Å². The lowest BCUT2D eigenvalue weighted by Gasteiger charge is -1.93. The standard InChI is InChI=1S/C10H16/c1-9(2)7-5-6-8-10(3)4/h6-7,10H,1,8H2,2-4H3. The Morgan fingerprint density at radius 3 is 2.60 bits per heavy atom. The summed E-state index contributed by atoms with van der Waals surface area (Å²) in [6.07, 6.45) is 5.06. The van der Waals surface area contributed by atoms with Gasteiger partial charge in [0.25, 0.3) is 0 Å². The van der Waals surface area contributed by atoms with Crippen LogP contribution in [0.1, 0.15) is 27.2 Å². The third-order valence-corrected chi connectivity index (χ3v) is 1.04. The molecule has 0 fully saturated rings. The van der Waals surface area contributed by atoms with Crippen LogP contribution in [0, 0.1) is 5.92 Å². The van der Waals surface area contributed by atoms with Gasteiger partial charge in [0.1, 0.15) is 0 Å². The largest absolute Gasteiger partial charge is 0.125 e. The van der Waals surface area contributed by atoms with E-state index in [0.717, 1.165) is 17.9 Å². The highest BCUT2D eigenvalue weighted by Crippen LogP contribution is 1.98. The van der Waals surface area contributed by atoms with Crippen molar-refractivity contribution in [1.29, 1.82) is 0 Å². The smallest absolute Gasteiger partial charge is 0.0180 e. The van der Waals surface area contributed by atoms with E-state index in [1.165, 1.54) is 0 Å². The summed E-state index contributed by atoms with van der Waals surface area (Å²) >= 11 is 0. The van der Waals surface area contributed by atoms with E-state index in [-0.39, 0.29) is 0 Å². The Hall–Kier alpha value is -0.740. The van der Waals surface area contributed by atoms with E-state index in [2.05, 4.69) is 32.2 Å². The highest BCUT2D eigenvalue weighted by atomic mass is 13.9. The SMILES string of the molecule is C=C(C)C=C=CCC(C)C. The first kappa shape index (κ1) is 9.26. The summed E-state index contributed by atoms with van der Waals surface area (Å²) in [5, 5.41) is 0. The molecule has 0 saturated carbocycles. The summed E-state index contributed by atoms with van der Waals surface area (Å²) < 4.78 is 0. The first-order chi connectivity index (χ1) is 4.63. The van der Waals surface area contributed by atoms with Crippen molar-refractivity contribution in [2.45, 2.75) is 27.2 Å². The van der Waals surface area contributed by atoms with Crippen molar-refractivity contribution in [1.82, 2.24) is 0 Å². The first-order valence-corrected chi connectivity index (χ1v) is 3.69. The molecule has 56 valence electrons. The molecule has 0 atom stereocenters. The Kier molecular flexibility index (Phi) is 4.70. The van der Waals surface area contributed by atoms with Gasteiger partial charge in [0.15, 0.2) is 0 Å². The predicted molar refractivity (Wildman–Crippen MR) is 46.9 cm³/mol. The van der Waals surface area contributed by atoms with Gasteiger partial charge in [-0.3, -0.25) is 0 Å². The number of rotatable bonds is 3. The molecule has 0 aliphatic carbocycles. The second-order valence-corrected chi connectivity index (χ2v) is 2.99. The van der Waals surface area contributed by atoms with Crippen LogP contribution in [0.2, 0.25) is 0 Å². The Morgan fingerprint density at radius 1 is 1.60 bits per heavy atom. The highest BCUT2D eigenvalue weighted by molar-refractivity contribution is 5.10. The molecule has 0 spiro atoms. The van der Waals surface area contributed by atoms with Crippen LogP contribution in [0.4, 0.5) is 0 Å². The lowest BCUT2D eigenvalue weighted by atomic mass is 10.1. The van der Waals surface area contributed by atoms with Crippen LogP contribution in [0.15, 0.2) is 30.0 Å². The van der Waals surface area contributed by atoms with Gasteiger partial charge in [0, 0.05) is 0 Å². The molecule has 0 aliphatic rings. The molecule has 0 bridgehead atoms. The maximum Gasteiger partial charge on any atom is -0.0180 e. The van der Waals surface area contributed by atoms with Crippen molar-refractivity contribution in [3.8, 4) is 0 Å². The van der Waals surface area contributed by atoms with Crippen molar-refractivity contribution in [3.63, 3.8) is 0 Å². The summed E-state index contributed by atoms with van der Waals surface area (Å²) in [5.74, 6) is 0.728. The van der Waals surface area contributed by atoms with Crippen molar-refractivity contribution >= 4 is 0 Å². The van der Waals surface area contributed by atoms with Gasteiger partial charge in [0.2, 0.25) is 0 Å². The molecule has 0 heterocycles. The third kappa shape index (κ3) is 7.26. The van der Waals surface area contributed by atoms with Crippen molar-refractivity contribution in [2.75, 3.05) is 0 Å². The van der Waals surface area contributed by atoms with Crippen LogP contribution in [0.3, 0.4) is 0 Å². The molecule has 0 rings (SSSR count). The van der Waals surface area contributed by atoms with Crippen LogP contribution in [0.5, 0.6) is 0 Å². The lowest BCUT2D eigenvalue weighted by Crippen LogP contribution is -1.79. The summed E-state index contributed by atoms with van der Waals surface area (Å²) in [7, 11) is 0.